The summed E-state index contributed by atoms with van der Waals surface area (Å²) in [6.45, 7) is 5.86. The lowest BCUT2D eigenvalue weighted by atomic mass is 10.0. The highest BCUT2D eigenvalue weighted by Crippen LogP contribution is 2.20. The molecule has 0 aliphatic heterocycles. The van der Waals surface area contributed by atoms with Crippen molar-refractivity contribution in [1.82, 2.24) is 0 Å². The van der Waals surface area contributed by atoms with Crippen LogP contribution in [0.3, 0.4) is 0 Å². The van der Waals surface area contributed by atoms with Gasteiger partial charge in [0.25, 0.3) is 0 Å². The number of benzene rings is 1. The lowest BCUT2D eigenvalue weighted by Crippen LogP contribution is -2.23. The molecule has 104 valence electrons. The first-order valence-corrected chi connectivity index (χ1v) is 6.70. The monoisotopic (exact) mass is 263 g/mol. The largest absolute Gasteiger partial charge is 0.478 e. The van der Waals surface area contributed by atoms with Crippen LogP contribution in [0.15, 0.2) is 18.2 Å². The molecule has 0 atom stereocenters. The summed E-state index contributed by atoms with van der Waals surface area (Å²) in [5.41, 5.74) is 1.47. The Morgan fingerprint density at radius 3 is 2.32 bits per heavy atom. The maximum Gasteiger partial charge on any atom is 0.337 e. The fourth-order valence-corrected chi connectivity index (χ4v) is 1.99. The average Bonchev–Trinajstić information content (AvgIpc) is 2.40. The third-order valence-corrected chi connectivity index (χ3v) is 3.34. The molecule has 0 spiro atoms. The van der Waals surface area contributed by atoms with E-state index in [2.05, 4.69) is 5.32 Å². The number of aryl methyl sites for hydroxylation is 1. The smallest absolute Gasteiger partial charge is 0.337 e. The Labute approximate surface area is 113 Å². The van der Waals surface area contributed by atoms with Crippen molar-refractivity contribution >= 4 is 17.6 Å². The first kappa shape index (κ1) is 15.2. The molecule has 0 saturated heterocycles. The molecule has 0 aliphatic rings. The molecular weight excluding hydrogens is 242 g/mol. The zero-order chi connectivity index (χ0) is 14.4. The molecule has 4 heteroatoms. The molecule has 1 aromatic carbocycles. The Balaban J connectivity index is 3.00. The minimum atomic E-state index is -1.02. The number of anilines is 1. The summed E-state index contributed by atoms with van der Waals surface area (Å²) in [7, 11) is 0. The highest BCUT2D eigenvalue weighted by atomic mass is 16.4. The number of hydrogen-bond acceptors (Lipinski definition) is 2. The van der Waals surface area contributed by atoms with Crippen LogP contribution in [0.5, 0.6) is 0 Å². The Kier molecular flexibility index (Phi) is 5.55. The fraction of sp³-hybridized carbons (Fsp3) is 0.467. The van der Waals surface area contributed by atoms with Gasteiger partial charge in [-0.1, -0.05) is 26.8 Å². The van der Waals surface area contributed by atoms with E-state index in [1.165, 1.54) is 0 Å². The standard InChI is InChI=1S/C15H21NO3/c1-4-10-7-8-13(12(9-10)15(18)19)16-14(17)11(5-2)6-3/h7-9,11H,4-6H2,1-3H3,(H,16,17)(H,18,19). The van der Waals surface area contributed by atoms with Crippen molar-refractivity contribution in [2.24, 2.45) is 5.92 Å². The predicted molar refractivity (Wildman–Crippen MR) is 75.5 cm³/mol. The van der Waals surface area contributed by atoms with Gasteiger partial charge in [0.05, 0.1) is 11.3 Å². The highest BCUT2D eigenvalue weighted by molar-refractivity contribution is 6.01. The second-order valence-corrected chi connectivity index (χ2v) is 4.54. The van der Waals surface area contributed by atoms with Gasteiger partial charge in [-0.2, -0.15) is 0 Å². The summed E-state index contributed by atoms with van der Waals surface area (Å²) in [6.07, 6.45) is 2.26. The zero-order valence-electron chi connectivity index (χ0n) is 11.7. The lowest BCUT2D eigenvalue weighted by Gasteiger charge is -2.14. The Hall–Kier alpha value is -1.84. The van der Waals surface area contributed by atoms with E-state index in [9.17, 15) is 14.7 Å². The second kappa shape index (κ2) is 6.92. The van der Waals surface area contributed by atoms with Crippen LogP contribution in [-0.2, 0) is 11.2 Å². The van der Waals surface area contributed by atoms with Gasteiger partial charge in [-0.15, -0.1) is 0 Å². The van der Waals surface area contributed by atoms with E-state index in [0.717, 1.165) is 24.8 Å². The molecule has 0 fully saturated rings. The van der Waals surface area contributed by atoms with E-state index >= 15 is 0 Å². The molecule has 0 unspecified atom stereocenters. The van der Waals surface area contributed by atoms with Gasteiger partial charge in [0.2, 0.25) is 5.91 Å². The maximum atomic E-state index is 12.0. The Bertz CT molecular complexity index is 464. The second-order valence-electron chi connectivity index (χ2n) is 4.54. The number of amides is 1. The van der Waals surface area contributed by atoms with Crippen molar-refractivity contribution in [1.29, 1.82) is 0 Å². The minimum Gasteiger partial charge on any atom is -0.478 e. The molecule has 19 heavy (non-hydrogen) atoms. The maximum absolute atomic E-state index is 12.0. The van der Waals surface area contributed by atoms with Crippen molar-refractivity contribution in [2.45, 2.75) is 40.0 Å². The molecular formula is C15H21NO3. The predicted octanol–water partition coefficient (Wildman–Crippen LogP) is 3.32. The summed E-state index contributed by atoms with van der Waals surface area (Å²) >= 11 is 0. The number of rotatable bonds is 6. The molecule has 0 aromatic heterocycles. The average molecular weight is 263 g/mol. The number of aromatic carboxylic acids is 1. The Morgan fingerprint density at radius 2 is 1.84 bits per heavy atom. The van der Waals surface area contributed by atoms with Crippen LogP contribution in [0, 0.1) is 5.92 Å². The summed E-state index contributed by atoms with van der Waals surface area (Å²) in [6, 6.07) is 5.13. The third kappa shape index (κ3) is 3.81. The molecule has 0 heterocycles. The third-order valence-electron chi connectivity index (χ3n) is 3.34. The van der Waals surface area contributed by atoms with Crippen LogP contribution in [-0.4, -0.2) is 17.0 Å². The van der Waals surface area contributed by atoms with Crippen LogP contribution in [0.1, 0.15) is 49.5 Å². The highest BCUT2D eigenvalue weighted by Gasteiger charge is 2.17. The van der Waals surface area contributed by atoms with Crippen molar-refractivity contribution in [3.8, 4) is 0 Å². The van der Waals surface area contributed by atoms with E-state index in [0.29, 0.717) is 5.69 Å². The fourth-order valence-electron chi connectivity index (χ4n) is 1.99. The van der Waals surface area contributed by atoms with Gasteiger partial charge in [-0.3, -0.25) is 4.79 Å². The number of carboxylic acid groups (broad SMARTS) is 1. The molecule has 1 amide bonds. The molecule has 0 saturated carbocycles. The van der Waals surface area contributed by atoms with Crippen LogP contribution in [0.25, 0.3) is 0 Å². The number of hydrogen-bond donors (Lipinski definition) is 2. The first-order chi connectivity index (χ1) is 9.03. The van der Waals surface area contributed by atoms with Crippen LogP contribution in [0.4, 0.5) is 5.69 Å². The van der Waals surface area contributed by atoms with E-state index in [-0.39, 0.29) is 17.4 Å². The molecule has 2 N–H and O–H groups in total. The lowest BCUT2D eigenvalue weighted by molar-refractivity contribution is -0.120. The van der Waals surface area contributed by atoms with Crippen LogP contribution in [0.2, 0.25) is 0 Å². The van der Waals surface area contributed by atoms with Gasteiger partial charge >= 0.3 is 5.97 Å². The van der Waals surface area contributed by atoms with Gasteiger partial charge in [-0.05, 0) is 37.0 Å². The SMILES string of the molecule is CCc1ccc(NC(=O)C(CC)CC)c(C(=O)O)c1. The number of nitrogens with one attached hydrogen (secondary N) is 1. The molecule has 0 radical (unpaired) electrons. The first-order valence-electron chi connectivity index (χ1n) is 6.70. The van der Waals surface area contributed by atoms with Gasteiger partial charge in [0, 0.05) is 5.92 Å². The summed E-state index contributed by atoms with van der Waals surface area (Å²) < 4.78 is 0. The van der Waals surface area contributed by atoms with Gasteiger partial charge in [0.15, 0.2) is 0 Å². The van der Waals surface area contributed by atoms with Crippen LogP contribution >= 0.6 is 0 Å². The molecule has 4 nitrogen and oxygen atoms in total. The van der Waals surface area contributed by atoms with E-state index in [4.69, 9.17) is 0 Å². The Morgan fingerprint density at radius 1 is 1.21 bits per heavy atom. The van der Waals surface area contributed by atoms with Crippen molar-refractivity contribution < 1.29 is 14.7 Å². The van der Waals surface area contributed by atoms with Crippen molar-refractivity contribution in [3.05, 3.63) is 29.3 Å². The number of carbonyl (C=O) groups is 2. The normalized spacial score (nSPS) is 10.5. The summed E-state index contributed by atoms with van der Waals surface area (Å²) in [5.74, 6) is -1.21. The minimum absolute atomic E-state index is 0.0764. The van der Waals surface area contributed by atoms with Crippen molar-refractivity contribution in [2.75, 3.05) is 5.32 Å². The topological polar surface area (TPSA) is 66.4 Å². The van der Waals surface area contributed by atoms with Gasteiger partial charge in [0.1, 0.15) is 0 Å². The van der Waals surface area contributed by atoms with Gasteiger partial charge in [-0.25, -0.2) is 4.79 Å². The van der Waals surface area contributed by atoms with Crippen LogP contribution < -0.4 is 5.32 Å². The van der Waals surface area contributed by atoms with E-state index in [1.54, 1.807) is 12.1 Å². The molecule has 0 aliphatic carbocycles. The summed E-state index contributed by atoms with van der Waals surface area (Å²) in [5, 5.41) is 11.9. The quantitative estimate of drug-likeness (QED) is 0.827. The van der Waals surface area contributed by atoms with Crippen molar-refractivity contribution in [3.63, 3.8) is 0 Å². The van der Waals surface area contributed by atoms with E-state index in [1.807, 2.05) is 26.8 Å². The molecule has 1 rings (SSSR count). The molecule has 0 bridgehead atoms. The number of carbonyl (C=O) groups excluding carboxylic acids is 1. The number of carboxylic acids is 1. The molecule has 1 aromatic rings. The zero-order valence-corrected chi connectivity index (χ0v) is 11.7. The van der Waals surface area contributed by atoms with E-state index < -0.39 is 5.97 Å². The summed E-state index contributed by atoms with van der Waals surface area (Å²) in [4.78, 5) is 23.2. The van der Waals surface area contributed by atoms with Gasteiger partial charge < -0.3 is 10.4 Å².